The molecule has 0 N–H and O–H groups in total. The van der Waals surface area contributed by atoms with Crippen molar-refractivity contribution in [2.75, 3.05) is 14.2 Å². The van der Waals surface area contributed by atoms with Gasteiger partial charge in [0.15, 0.2) is 0 Å². The van der Waals surface area contributed by atoms with Crippen LogP contribution in [0.1, 0.15) is 19.4 Å². The predicted molar refractivity (Wildman–Crippen MR) is 75.5 cm³/mol. The molecule has 0 unspecified atom stereocenters. The minimum Gasteiger partial charge on any atom is -0.481 e. The number of aryl methyl sites for hydroxylation is 1. The Balaban J connectivity index is 0.00000115. The Morgan fingerprint density at radius 2 is 1.80 bits per heavy atom. The second kappa shape index (κ2) is 9.84. The zero-order valence-corrected chi connectivity index (χ0v) is 15.4. The summed E-state index contributed by atoms with van der Waals surface area (Å²) in [5.74, 6) is 1.01. The van der Waals surface area contributed by atoms with E-state index in [-0.39, 0.29) is 32.7 Å². The largest absolute Gasteiger partial charge is 0.481 e. The molecule has 5 heteroatoms. The zero-order valence-electron chi connectivity index (χ0n) is 12.6. The van der Waals surface area contributed by atoms with Crippen LogP contribution >= 0.6 is 0 Å². The van der Waals surface area contributed by atoms with E-state index in [0.717, 1.165) is 16.8 Å². The normalized spacial score (nSPS) is 8.85. The zero-order chi connectivity index (χ0) is 14.3. The van der Waals surface area contributed by atoms with Gasteiger partial charge < -0.3 is 14.5 Å². The summed E-state index contributed by atoms with van der Waals surface area (Å²) in [6, 6.07) is 8.57. The summed E-state index contributed by atoms with van der Waals surface area (Å²) in [6.07, 6.45) is 1.76. The van der Waals surface area contributed by atoms with Gasteiger partial charge in [0.1, 0.15) is 0 Å². The molecule has 2 heterocycles. The van der Waals surface area contributed by atoms with Gasteiger partial charge in [-0.05, 0) is 5.69 Å². The summed E-state index contributed by atoms with van der Waals surface area (Å²) in [5.41, 5.74) is 2.60. The third-order valence-corrected chi connectivity index (χ3v) is 2.35. The molecule has 0 fully saturated rings. The van der Waals surface area contributed by atoms with Crippen LogP contribution < -0.4 is 9.47 Å². The number of methoxy groups -OCH3 is 2. The molecule has 4 nitrogen and oxygen atoms in total. The molecular formula is C15H19N2O2Y-. The van der Waals surface area contributed by atoms with E-state index in [4.69, 9.17) is 9.47 Å². The van der Waals surface area contributed by atoms with Gasteiger partial charge in [0.25, 0.3) is 0 Å². The van der Waals surface area contributed by atoms with Gasteiger partial charge in [-0.15, -0.1) is 5.56 Å². The molecule has 1 radical (unpaired) electrons. The molecule has 2 aromatic heterocycles. The van der Waals surface area contributed by atoms with Crippen molar-refractivity contribution < 1.29 is 42.2 Å². The maximum Gasteiger partial charge on any atom is 0.216 e. The van der Waals surface area contributed by atoms with E-state index >= 15 is 0 Å². The summed E-state index contributed by atoms with van der Waals surface area (Å²) in [7, 11) is 3.14. The second-order valence-corrected chi connectivity index (χ2v) is 3.53. The topological polar surface area (TPSA) is 44.2 Å². The minimum absolute atomic E-state index is 0. The summed E-state index contributed by atoms with van der Waals surface area (Å²) >= 11 is 0. The van der Waals surface area contributed by atoms with Crippen LogP contribution in [0.25, 0.3) is 11.3 Å². The first-order valence-electron chi connectivity index (χ1n) is 6.18. The standard InChI is InChI=1S/C13H13N2O2.C2H6.Y/c1-9-4-6-11(14-8-9)10-5-7-12(16-2)15-13(10)17-3;1-2;/h5-8H,1-3H3;1-2H3;/q-1;;. The first-order chi connectivity index (χ1) is 9.24. The molecule has 0 aliphatic heterocycles. The van der Waals surface area contributed by atoms with E-state index in [2.05, 4.69) is 16.0 Å². The van der Waals surface area contributed by atoms with Gasteiger partial charge in [0, 0.05) is 44.3 Å². The Bertz CT molecular complexity index is 516. The Labute approximate surface area is 145 Å². The fourth-order valence-electron chi connectivity index (χ4n) is 1.46. The maximum atomic E-state index is 5.23. The van der Waals surface area contributed by atoms with Gasteiger partial charge in [-0.3, -0.25) is 0 Å². The van der Waals surface area contributed by atoms with Crippen LogP contribution in [0.4, 0.5) is 0 Å². The van der Waals surface area contributed by atoms with Crippen LogP contribution in [-0.4, -0.2) is 24.2 Å². The van der Waals surface area contributed by atoms with Crippen molar-refractivity contribution >= 4 is 0 Å². The molecule has 0 amide bonds. The Morgan fingerprint density at radius 3 is 2.30 bits per heavy atom. The molecule has 105 valence electrons. The maximum absolute atomic E-state index is 5.23. The number of rotatable bonds is 3. The van der Waals surface area contributed by atoms with Crippen LogP contribution in [0.2, 0.25) is 0 Å². The van der Waals surface area contributed by atoms with Crippen LogP contribution in [0.15, 0.2) is 24.4 Å². The molecule has 20 heavy (non-hydrogen) atoms. The van der Waals surface area contributed by atoms with Crippen LogP contribution in [-0.2, 0) is 32.7 Å². The second-order valence-electron chi connectivity index (χ2n) is 3.53. The summed E-state index contributed by atoms with van der Waals surface area (Å²) in [5, 5.41) is 0. The van der Waals surface area contributed by atoms with Crippen molar-refractivity contribution in [1.82, 2.24) is 9.97 Å². The number of hydrogen-bond donors (Lipinski definition) is 0. The van der Waals surface area contributed by atoms with E-state index in [1.54, 1.807) is 26.5 Å². The van der Waals surface area contributed by atoms with Crippen molar-refractivity contribution in [3.8, 4) is 23.0 Å². The third kappa shape index (κ3) is 4.84. The van der Waals surface area contributed by atoms with Crippen molar-refractivity contribution in [1.29, 1.82) is 0 Å². The molecule has 0 atom stereocenters. The third-order valence-electron chi connectivity index (χ3n) is 2.35. The smallest absolute Gasteiger partial charge is 0.216 e. The van der Waals surface area contributed by atoms with E-state index in [1.807, 2.05) is 32.9 Å². The number of pyridine rings is 2. The Kier molecular flexibility index (Phi) is 9.35. The van der Waals surface area contributed by atoms with E-state index in [1.165, 1.54) is 0 Å². The number of aromatic nitrogens is 2. The molecule has 0 aromatic carbocycles. The Hall–Kier alpha value is -0.996. The SMILES string of the molecule is CC.COc1ccc(-c2c[c-]c(C)cn2)c(OC)n1.[Y]. The Morgan fingerprint density at radius 1 is 1.10 bits per heavy atom. The molecular weight excluding hydrogens is 329 g/mol. The van der Waals surface area contributed by atoms with Gasteiger partial charge in [0.05, 0.1) is 14.2 Å². The molecule has 0 aliphatic carbocycles. The molecule has 0 spiro atoms. The van der Waals surface area contributed by atoms with Crippen molar-refractivity contribution in [3.63, 3.8) is 0 Å². The van der Waals surface area contributed by atoms with Crippen LogP contribution in [0, 0.1) is 13.0 Å². The fourth-order valence-corrected chi connectivity index (χ4v) is 1.46. The minimum atomic E-state index is 0. The number of nitrogens with zero attached hydrogens (tertiary/aromatic N) is 2. The average molecular weight is 348 g/mol. The van der Waals surface area contributed by atoms with Gasteiger partial charge in [-0.25, -0.2) is 0 Å². The van der Waals surface area contributed by atoms with Gasteiger partial charge in [-0.2, -0.15) is 17.1 Å². The number of hydrogen-bond acceptors (Lipinski definition) is 4. The first kappa shape index (κ1) is 19.0. The molecule has 0 saturated heterocycles. The van der Waals surface area contributed by atoms with E-state index in [0.29, 0.717) is 11.8 Å². The fraction of sp³-hybridized carbons (Fsp3) is 0.333. The quantitative estimate of drug-likeness (QED) is 0.799. The van der Waals surface area contributed by atoms with Crippen molar-refractivity contribution in [3.05, 3.63) is 36.0 Å². The average Bonchev–Trinajstić information content (AvgIpc) is 2.49. The van der Waals surface area contributed by atoms with E-state index in [9.17, 15) is 0 Å². The first-order valence-corrected chi connectivity index (χ1v) is 6.18. The van der Waals surface area contributed by atoms with Crippen LogP contribution in [0.5, 0.6) is 11.8 Å². The van der Waals surface area contributed by atoms with Crippen molar-refractivity contribution in [2.24, 2.45) is 0 Å². The monoisotopic (exact) mass is 348 g/mol. The summed E-state index contributed by atoms with van der Waals surface area (Å²) < 4.78 is 10.3. The molecule has 0 bridgehead atoms. The van der Waals surface area contributed by atoms with Gasteiger partial charge in [-0.1, -0.05) is 33.0 Å². The summed E-state index contributed by atoms with van der Waals surface area (Å²) in [6.45, 7) is 5.94. The van der Waals surface area contributed by atoms with Gasteiger partial charge >= 0.3 is 0 Å². The predicted octanol–water partition coefficient (Wildman–Crippen LogP) is 3.29. The molecule has 0 saturated carbocycles. The van der Waals surface area contributed by atoms with Crippen LogP contribution in [0.3, 0.4) is 0 Å². The molecule has 2 rings (SSSR count). The molecule has 0 aliphatic rings. The van der Waals surface area contributed by atoms with Crippen molar-refractivity contribution in [2.45, 2.75) is 20.8 Å². The van der Waals surface area contributed by atoms with E-state index < -0.39 is 0 Å². The van der Waals surface area contributed by atoms with Gasteiger partial charge in [0.2, 0.25) is 11.8 Å². The summed E-state index contributed by atoms with van der Waals surface area (Å²) in [4.78, 5) is 8.53. The number of ether oxygens (including phenoxy) is 2. The molecule has 2 aromatic rings.